The van der Waals surface area contributed by atoms with Gasteiger partial charge in [0.25, 0.3) is 0 Å². The third-order valence-corrected chi connectivity index (χ3v) is 5.51. The molecular weight excluding hydrogens is 402 g/mol. The summed E-state index contributed by atoms with van der Waals surface area (Å²) in [6.07, 6.45) is 2.73. The number of fused-ring (bicyclic) bond motifs is 1. The Morgan fingerprint density at radius 3 is 2.31 bits per heavy atom. The highest BCUT2D eigenvalue weighted by molar-refractivity contribution is 6.04. The van der Waals surface area contributed by atoms with Crippen LogP contribution in [0.15, 0.2) is 42.6 Å². The molecule has 0 aliphatic rings. The number of ether oxygens (including phenoxy) is 1. The Bertz CT molecular complexity index is 1090. The first-order chi connectivity index (χ1) is 15.4. The van der Waals surface area contributed by atoms with E-state index in [1.165, 1.54) is 16.7 Å². The fourth-order valence-corrected chi connectivity index (χ4v) is 4.03. The molecule has 3 aromatic rings. The van der Waals surface area contributed by atoms with E-state index in [9.17, 15) is 9.59 Å². The van der Waals surface area contributed by atoms with E-state index >= 15 is 0 Å². The lowest BCUT2D eigenvalue weighted by atomic mass is 10.1. The fraction of sp³-hybridized carbons (Fsp3) is 0.385. The van der Waals surface area contributed by atoms with E-state index in [-0.39, 0.29) is 5.91 Å². The topological polar surface area (TPSA) is 63.6 Å². The molecule has 6 heteroatoms. The highest BCUT2D eigenvalue weighted by atomic mass is 16.6. The predicted octanol–water partition coefficient (Wildman–Crippen LogP) is 5.89. The van der Waals surface area contributed by atoms with E-state index in [1.54, 1.807) is 11.0 Å². The molecule has 0 saturated heterocycles. The van der Waals surface area contributed by atoms with Crippen LogP contribution in [0.4, 0.5) is 10.5 Å². The highest BCUT2D eigenvalue weighted by Crippen LogP contribution is 2.35. The van der Waals surface area contributed by atoms with Crippen LogP contribution in [0.25, 0.3) is 10.9 Å². The monoisotopic (exact) mass is 435 g/mol. The quantitative estimate of drug-likeness (QED) is 0.480. The molecule has 0 bridgehead atoms. The first-order valence-corrected chi connectivity index (χ1v) is 11.3. The summed E-state index contributed by atoms with van der Waals surface area (Å²) in [6.45, 7) is 11.8. The molecule has 0 fully saturated rings. The second-order valence-electron chi connectivity index (χ2n) is 8.15. The Morgan fingerprint density at radius 2 is 1.69 bits per heavy atom. The second kappa shape index (κ2) is 10.4. The number of hydrogen-bond acceptors (Lipinski definition) is 3. The number of nitrogens with one attached hydrogen (secondary N) is 1. The Labute approximate surface area is 190 Å². The van der Waals surface area contributed by atoms with E-state index < -0.39 is 6.09 Å². The number of carbonyl (C=O) groups is 2. The number of amides is 2. The molecule has 0 saturated carbocycles. The summed E-state index contributed by atoms with van der Waals surface area (Å²) in [7, 11) is 0. The maximum Gasteiger partial charge on any atom is 0.415 e. The third kappa shape index (κ3) is 5.31. The minimum absolute atomic E-state index is 0.0952. The van der Waals surface area contributed by atoms with E-state index in [0.717, 1.165) is 17.3 Å². The zero-order valence-electron chi connectivity index (χ0n) is 19.7. The van der Waals surface area contributed by atoms with Crippen molar-refractivity contribution in [3.63, 3.8) is 0 Å². The smallest absolute Gasteiger partial charge is 0.408 e. The summed E-state index contributed by atoms with van der Waals surface area (Å²) in [5.74, 6) is 0.269. The number of nitrogens with zero attached hydrogens (tertiary/aromatic N) is 2. The van der Waals surface area contributed by atoms with Crippen molar-refractivity contribution < 1.29 is 14.3 Å². The molecule has 6 nitrogen and oxygen atoms in total. The fourth-order valence-electron chi connectivity index (χ4n) is 4.03. The van der Waals surface area contributed by atoms with E-state index in [2.05, 4.69) is 41.9 Å². The number of benzene rings is 2. The first-order valence-electron chi connectivity index (χ1n) is 11.3. The first kappa shape index (κ1) is 23.4. The molecule has 170 valence electrons. The van der Waals surface area contributed by atoms with Gasteiger partial charge in [0.15, 0.2) is 5.75 Å². The van der Waals surface area contributed by atoms with Gasteiger partial charge in [0.1, 0.15) is 0 Å². The van der Waals surface area contributed by atoms with Gasteiger partial charge in [-0.2, -0.15) is 0 Å². The van der Waals surface area contributed by atoms with Crippen molar-refractivity contribution in [1.82, 2.24) is 9.47 Å². The normalized spacial score (nSPS) is 10.9. The molecule has 0 radical (unpaired) electrons. The standard InChI is InChI=1S/C26H33N3O3/c1-6-9-24(30)27-25-21-12-13-29(17-20-15-18(4)14-19(5)16-20)22(21)10-11-23(25)32-26(31)28(7-2)8-3/h10-16H,6-9,17H2,1-5H3,(H,27,30). The van der Waals surface area contributed by atoms with Crippen LogP contribution >= 0.6 is 0 Å². The number of hydrogen-bond donors (Lipinski definition) is 1. The summed E-state index contributed by atoms with van der Waals surface area (Å²) < 4.78 is 7.85. The summed E-state index contributed by atoms with van der Waals surface area (Å²) in [6, 6.07) is 12.2. The molecule has 0 unspecified atom stereocenters. The Balaban J connectivity index is 2.01. The SMILES string of the molecule is CCCC(=O)Nc1c(OC(=O)N(CC)CC)ccc2c1ccn2Cc1cc(C)cc(C)c1. The number of aryl methyl sites for hydroxylation is 2. The number of aromatic nitrogens is 1. The highest BCUT2D eigenvalue weighted by Gasteiger charge is 2.19. The number of carbonyl (C=O) groups excluding carboxylic acids is 2. The van der Waals surface area contributed by atoms with Gasteiger partial charge in [-0.15, -0.1) is 0 Å². The molecule has 0 spiro atoms. The van der Waals surface area contributed by atoms with Crippen LogP contribution < -0.4 is 10.1 Å². The van der Waals surface area contributed by atoms with Crippen LogP contribution in [0.2, 0.25) is 0 Å². The van der Waals surface area contributed by atoms with Gasteiger partial charge in [0.2, 0.25) is 5.91 Å². The van der Waals surface area contributed by atoms with Gasteiger partial charge in [-0.3, -0.25) is 4.79 Å². The average molecular weight is 436 g/mol. The molecule has 2 amide bonds. The van der Waals surface area contributed by atoms with Gasteiger partial charge in [0, 0.05) is 37.6 Å². The van der Waals surface area contributed by atoms with Crippen LogP contribution in [0.3, 0.4) is 0 Å². The van der Waals surface area contributed by atoms with Gasteiger partial charge in [-0.05, 0) is 57.9 Å². The van der Waals surface area contributed by atoms with E-state index in [4.69, 9.17) is 4.74 Å². The molecule has 1 N–H and O–H groups in total. The van der Waals surface area contributed by atoms with Gasteiger partial charge in [-0.1, -0.05) is 36.2 Å². The summed E-state index contributed by atoms with van der Waals surface area (Å²) in [5, 5.41) is 3.83. The molecular formula is C26H33N3O3. The van der Waals surface area contributed by atoms with E-state index in [0.29, 0.717) is 37.5 Å². The van der Waals surface area contributed by atoms with E-state index in [1.807, 2.05) is 39.1 Å². The summed E-state index contributed by atoms with van der Waals surface area (Å²) >= 11 is 0. The lowest BCUT2D eigenvalue weighted by molar-refractivity contribution is -0.116. The van der Waals surface area contributed by atoms with Crippen molar-refractivity contribution in [3.8, 4) is 5.75 Å². The third-order valence-electron chi connectivity index (χ3n) is 5.51. The molecule has 32 heavy (non-hydrogen) atoms. The van der Waals surface area contributed by atoms with Gasteiger partial charge in [-0.25, -0.2) is 4.79 Å². The van der Waals surface area contributed by atoms with Crippen molar-refractivity contribution in [2.45, 2.75) is 54.0 Å². The predicted molar refractivity (Wildman–Crippen MR) is 129 cm³/mol. The Hall–Kier alpha value is -3.28. The summed E-state index contributed by atoms with van der Waals surface area (Å²) in [5.41, 5.74) is 5.19. The summed E-state index contributed by atoms with van der Waals surface area (Å²) in [4.78, 5) is 26.6. The van der Waals surface area contributed by atoms with Crippen LogP contribution in [0.5, 0.6) is 5.75 Å². The zero-order valence-corrected chi connectivity index (χ0v) is 19.7. The molecule has 1 aromatic heterocycles. The minimum Gasteiger partial charge on any atom is -0.408 e. The number of rotatable bonds is 8. The number of anilines is 1. The molecule has 3 rings (SSSR count). The molecule has 0 aliphatic carbocycles. The molecule has 1 heterocycles. The second-order valence-corrected chi connectivity index (χ2v) is 8.15. The van der Waals surface area contributed by atoms with Crippen molar-refractivity contribution in [2.75, 3.05) is 18.4 Å². The van der Waals surface area contributed by atoms with Crippen LogP contribution in [-0.4, -0.2) is 34.6 Å². The van der Waals surface area contributed by atoms with Crippen LogP contribution in [0, 0.1) is 13.8 Å². The van der Waals surface area contributed by atoms with Crippen molar-refractivity contribution in [2.24, 2.45) is 0 Å². The largest absolute Gasteiger partial charge is 0.415 e. The van der Waals surface area contributed by atoms with Crippen molar-refractivity contribution in [3.05, 3.63) is 59.3 Å². The maximum atomic E-state index is 12.6. The molecule has 0 atom stereocenters. The Kier molecular flexibility index (Phi) is 7.57. The van der Waals surface area contributed by atoms with Gasteiger partial charge >= 0.3 is 6.09 Å². The van der Waals surface area contributed by atoms with Gasteiger partial charge < -0.3 is 19.5 Å². The zero-order chi connectivity index (χ0) is 23.3. The van der Waals surface area contributed by atoms with Crippen LogP contribution in [0.1, 0.15) is 50.3 Å². The molecule has 2 aromatic carbocycles. The Morgan fingerprint density at radius 1 is 1.00 bits per heavy atom. The average Bonchev–Trinajstić information content (AvgIpc) is 3.13. The van der Waals surface area contributed by atoms with Gasteiger partial charge in [0.05, 0.1) is 11.2 Å². The van der Waals surface area contributed by atoms with Crippen molar-refractivity contribution in [1.29, 1.82) is 0 Å². The lowest BCUT2D eigenvalue weighted by Gasteiger charge is -2.20. The van der Waals surface area contributed by atoms with Crippen LogP contribution in [-0.2, 0) is 11.3 Å². The maximum absolute atomic E-state index is 12.6. The minimum atomic E-state index is -0.421. The lowest BCUT2D eigenvalue weighted by Crippen LogP contribution is -2.33. The van der Waals surface area contributed by atoms with Crippen molar-refractivity contribution >= 4 is 28.6 Å². The molecule has 0 aliphatic heterocycles.